The first-order chi connectivity index (χ1) is 14.8. The van der Waals surface area contributed by atoms with Crippen molar-refractivity contribution in [3.05, 3.63) is 51.7 Å². The van der Waals surface area contributed by atoms with Gasteiger partial charge in [-0.2, -0.15) is 0 Å². The maximum absolute atomic E-state index is 13.9. The van der Waals surface area contributed by atoms with Crippen LogP contribution >= 0.6 is 15.9 Å². The molecule has 0 aromatic heterocycles. The van der Waals surface area contributed by atoms with Gasteiger partial charge in [-0.25, -0.2) is 4.39 Å². The molecule has 31 heavy (non-hydrogen) atoms. The SMILES string of the molecule is COc1cc2c(cc1N1CC(C)N(C)C(C)C1)N(C(=O)Cc1cccc(F)c1Br)CC2. The molecule has 5 nitrogen and oxygen atoms in total. The van der Waals surface area contributed by atoms with Crippen molar-refractivity contribution in [2.45, 2.75) is 38.8 Å². The van der Waals surface area contributed by atoms with Crippen LogP contribution in [0.5, 0.6) is 5.75 Å². The number of methoxy groups -OCH3 is 1. The molecule has 2 unspecified atom stereocenters. The smallest absolute Gasteiger partial charge is 0.231 e. The Kier molecular flexibility index (Phi) is 6.26. The first-order valence-electron chi connectivity index (χ1n) is 10.7. The molecule has 1 saturated heterocycles. The highest BCUT2D eigenvalue weighted by molar-refractivity contribution is 9.10. The topological polar surface area (TPSA) is 36.0 Å². The van der Waals surface area contributed by atoms with Gasteiger partial charge in [-0.15, -0.1) is 0 Å². The largest absolute Gasteiger partial charge is 0.495 e. The van der Waals surface area contributed by atoms with Crippen LogP contribution in [0.1, 0.15) is 25.0 Å². The molecule has 2 aliphatic rings. The Bertz CT molecular complexity index is 987. The molecule has 0 saturated carbocycles. The first-order valence-corrected chi connectivity index (χ1v) is 11.5. The number of carbonyl (C=O) groups excluding carboxylic acids is 1. The summed E-state index contributed by atoms with van der Waals surface area (Å²) < 4.78 is 20.0. The number of fused-ring (bicyclic) bond motifs is 1. The quantitative estimate of drug-likeness (QED) is 0.642. The Morgan fingerprint density at radius 3 is 2.58 bits per heavy atom. The van der Waals surface area contributed by atoms with E-state index >= 15 is 0 Å². The third-order valence-electron chi connectivity index (χ3n) is 6.65. The van der Waals surface area contributed by atoms with E-state index in [0.717, 1.165) is 42.2 Å². The molecular formula is C24H29BrFN3O2. The van der Waals surface area contributed by atoms with E-state index in [4.69, 9.17) is 4.74 Å². The van der Waals surface area contributed by atoms with Gasteiger partial charge in [0.1, 0.15) is 11.6 Å². The fraction of sp³-hybridized carbons (Fsp3) is 0.458. The van der Waals surface area contributed by atoms with Crippen LogP contribution in [0.2, 0.25) is 0 Å². The highest BCUT2D eigenvalue weighted by Crippen LogP contribution is 2.40. The molecule has 166 valence electrons. The summed E-state index contributed by atoms with van der Waals surface area (Å²) in [6, 6.07) is 9.83. The average molecular weight is 490 g/mol. The van der Waals surface area contributed by atoms with Crippen LogP contribution in [0.4, 0.5) is 15.8 Å². The zero-order valence-electron chi connectivity index (χ0n) is 18.5. The van der Waals surface area contributed by atoms with Crippen molar-refractivity contribution in [3.8, 4) is 5.75 Å². The van der Waals surface area contributed by atoms with Crippen molar-refractivity contribution in [2.75, 3.05) is 43.6 Å². The Hall–Kier alpha value is -2.12. The minimum Gasteiger partial charge on any atom is -0.495 e. The van der Waals surface area contributed by atoms with Crippen LogP contribution in [0.15, 0.2) is 34.8 Å². The lowest BCUT2D eigenvalue weighted by Gasteiger charge is -2.44. The fourth-order valence-corrected chi connectivity index (χ4v) is 5.02. The lowest BCUT2D eigenvalue weighted by atomic mass is 10.1. The van der Waals surface area contributed by atoms with Gasteiger partial charge in [-0.1, -0.05) is 12.1 Å². The number of piperazine rings is 1. The number of hydrogen-bond acceptors (Lipinski definition) is 4. The number of halogens is 2. The Balaban J connectivity index is 1.63. The molecule has 0 N–H and O–H groups in total. The maximum Gasteiger partial charge on any atom is 0.231 e. The van der Waals surface area contributed by atoms with Gasteiger partial charge in [0.25, 0.3) is 0 Å². The van der Waals surface area contributed by atoms with Crippen molar-refractivity contribution in [3.63, 3.8) is 0 Å². The first kappa shape index (κ1) is 22.1. The molecule has 1 amide bonds. The number of ether oxygens (including phenoxy) is 1. The van der Waals surface area contributed by atoms with Crippen LogP contribution in [0.25, 0.3) is 0 Å². The predicted octanol–water partition coefficient (Wildman–Crippen LogP) is 4.26. The standard InChI is InChI=1S/C24H29BrFN3O2/c1-15-13-28(14-16(2)27(15)3)21-12-20-17(10-22(21)31-4)8-9-29(20)23(30)11-18-6-5-7-19(26)24(18)25/h5-7,10,12,15-16H,8-9,11,13-14H2,1-4H3. The van der Waals surface area contributed by atoms with E-state index in [1.54, 1.807) is 19.2 Å². The third-order valence-corrected chi connectivity index (χ3v) is 7.54. The molecular weight excluding hydrogens is 461 g/mol. The molecule has 0 radical (unpaired) electrons. The van der Waals surface area contributed by atoms with E-state index < -0.39 is 0 Å². The van der Waals surface area contributed by atoms with Gasteiger partial charge in [0.15, 0.2) is 0 Å². The van der Waals surface area contributed by atoms with E-state index in [9.17, 15) is 9.18 Å². The van der Waals surface area contributed by atoms with E-state index in [1.165, 1.54) is 6.07 Å². The molecule has 2 heterocycles. The summed E-state index contributed by atoms with van der Waals surface area (Å²) in [5, 5.41) is 0. The van der Waals surface area contributed by atoms with Crippen molar-refractivity contribution in [1.82, 2.24) is 4.90 Å². The summed E-state index contributed by atoms with van der Waals surface area (Å²) in [5.41, 5.74) is 3.74. The fourth-order valence-electron chi connectivity index (χ4n) is 4.62. The third kappa shape index (κ3) is 4.17. The summed E-state index contributed by atoms with van der Waals surface area (Å²) in [6.07, 6.45) is 0.944. The van der Waals surface area contributed by atoms with Gasteiger partial charge < -0.3 is 14.5 Å². The number of hydrogen-bond donors (Lipinski definition) is 0. The molecule has 2 aromatic rings. The number of benzene rings is 2. The lowest BCUT2D eigenvalue weighted by molar-refractivity contribution is -0.117. The molecule has 2 atom stereocenters. The van der Waals surface area contributed by atoms with Gasteiger partial charge in [0.2, 0.25) is 5.91 Å². The van der Waals surface area contributed by atoms with Crippen molar-refractivity contribution >= 4 is 33.2 Å². The van der Waals surface area contributed by atoms with Crippen LogP contribution in [0, 0.1) is 5.82 Å². The van der Waals surface area contributed by atoms with E-state index in [1.807, 2.05) is 4.90 Å². The number of likely N-dealkylation sites (N-methyl/N-ethyl adjacent to an activating group) is 1. The second-order valence-corrected chi connectivity index (χ2v) is 9.40. The number of carbonyl (C=O) groups is 1. The van der Waals surface area contributed by atoms with Gasteiger partial charge in [-0.05, 0) is 72.6 Å². The van der Waals surface area contributed by atoms with Gasteiger partial charge >= 0.3 is 0 Å². The van der Waals surface area contributed by atoms with Crippen molar-refractivity contribution < 1.29 is 13.9 Å². The summed E-state index contributed by atoms with van der Waals surface area (Å²) >= 11 is 3.27. The van der Waals surface area contributed by atoms with Crippen molar-refractivity contribution in [1.29, 1.82) is 0 Å². The second-order valence-electron chi connectivity index (χ2n) is 8.61. The summed E-state index contributed by atoms with van der Waals surface area (Å²) in [7, 11) is 3.87. The summed E-state index contributed by atoms with van der Waals surface area (Å²) in [6.45, 7) is 6.90. The lowest BCUT2D eigenvalue weighted by Crippen LogP contribution is -2.55. The van der Waals surface area contributed by atoms with Crippen LogP contribution < -0.4 is 14.5 Å². The molecule has 1 fully saturated rings. The predicted molar refractivity (Wildman–Crippen MR) is 126 cm³/mol. The van der Waals surface area contributed by atoms with Crippen LogP contribution in [0.3, 0.4) is 0 Å². The highest BCUT2D eigenvalue weighted by atomic mass is 79.9. The Morgan fingerprint density at radius 2 is 1.90 bits per heavy atom. The Morgan fingerprint density at radius 1 is 1.19 bits per heavy atom. The van der Waals surface area contributed by atoms with Gasteiger partial charge in [-0.3, -0.25) is 9.69 Å². The molecule has 0 aliphatic carbocycles. The number of anilines is 2. The zero-order chi connectivity index (χ0) is 22.3. The molecule has 4 rings (SSSR count). The second kappa shape index (κ2) is 8.79. The minimum absolute atomic E-state index is 0.0266. The summed E-state index contributed by atoms with van der Waals surface area (Å²) in [5.74, 6) is 0.476. The molecule has 0 bridgehead atoms. The molecule has 2 aromatic carbocycles. The molecule has 7 heteroatoms. The van der Waals surface area contributed by atoms with Gasteiger partial charge in [0.05, 0.1) is 23.7 Å². The van der Waals surface area contributed by atoms with Crippen LogP contribution in [-0.4, -0.2) is 56.7 Å². The van der Waals surface area contributed by atoms with E-state index in [2.05, 4.69) is 58.8 Å². The zero-order valence-corrected chi connectivity index (χ0v) is 20.1. The normalized spacial score (nSPS) is 21.4. The van der Waals surface area contributed by atoms with Crippen LogP contribution in [-0.2, 0) is 17.6 Å². The van der Waals surface area contributed by atoms with Gasteiger partial charge in [0, 0.05) is 37.4 Å². The number of nitrogens with zero attached hydrogens (tertiary/aromatic N) is 3. The monoisotopic (exact) mass is 489 g/mol. The van der Waals surface area contributed by atoms with E-state index in [0.29, 0.717) is 28.7 Å². The molecule has 2 aliphatic heterocycles. The minimum atomic E-state index is -0.350. The van der Waals surface area contributed by atoms with E-state index in [-0.39, 0.29) is 18.1 Å². The molecule has 0 spiro atoms. The highest BCUT2D eigenvalue weighted by Gasteiger charge is 2.31. The van der Waals surface area contributed by atoms with Crippen molar-refractivity contribution in [2.24, 2.45) is 0 Å². The summed E-state index contributed by atoms with van der Waals surface area (Å²) in [4.78, 5) is 19.7. The average Bonchev–Trinajstić information content (AvgIpc) is 3.17. The number of rotatable bonds is 4. The number of amides is 1. The maximum atomic E-state index is 13.9. The Labute approximate surface area is 191 Å².